The molecular weight excluding hydrogens is 853 g/mol. The number of esters is 3. The van der Waals surface area contributed by atoms with Crippen molar-refractivity contribution in [2.45, 2.75) is 302 Å². The first-order chi connectivity index (χ1) is 32.6. The molecule has 392 valence electrons. The molecule has 3 N–H and O–H groups in total. The molecule has 12 heteroatoms. The summed E-state index contributed by atoms with van der Waals surface area (Å²) in [7, 11) is 0. The van der Waals surface area contributed by atoms with Gasteiger partial charge >= 0.3 is 23.9 Å². The minimum atomic E-state index is -1.89. The molecule has 0 aliphatic carbocycles. The molecule has 0 amide bonds. The van der Waals surface area contributed by atoms with Gasteiger partial charge in [0.1, 0.15) is 18.8 Å². The topological polar surface area (TPSA) is 175 Å². The van der Waals surface area contributed by atoms with Crippen LogP contribution in [-0.2, 0) is 42.9 Å². The van der Waals surface area contributed by atoms with E-state index in [0.29, 0.717) is 19.3 Å². The van der Waals surface area contributed by atoms with Crippen LogP contribution in [-0.4, -0.2) is 89.2 Å². The van der Waals surface area contributed by atoms with Crippen molar-refractivity contribution >= 4 is 23.9 Å². The number of aliphatic hydroxyl groups excluding tert-OH is 2. The minimum Gasteiger partial charge on any atom is -0.479 e. The lowest BCUT2D eigenvalue weighted by atomic mass is 9.98. The molecule has 12 nitrogen and oxygen atoms in total. The summed E-state index contributed by atoms with van der Waals surface area (Å²) in [5.74, 6) is -3.10. The lowest BCUT2D eigenvalue weighted by Crippen LogP contribution is -2.61. The average molecular weight is 953 g/mol. The van der Waals surface area contributed by atoms with Gasteiger partial charge in [0.25, 0.3) is 0 Å². The van der Waals surface area contributed by atoms with Gasteiger partial charge in [-0.2, -0.15) is 0 Å². The predicted octanol–water partition coefficient (Wildman–Crippen LogP) is 13.3. The molecule has 0 radical (unpaired) electrons. The van der Waals surface area contributed by atoms with E-state index in [1.807, 2.05) is 0 Å². The third-order valence-corrected chi connectivity index (χ3v) is 12.8. The lowest BCUT2D eigenvalue weighted by Gasteiger charge is -2.40. The number of ether oxygens (including phenoxy) is 5. The van der Waals surface area contributed by atoms with Crippen LogP contribution in [0.5, 0.6) is 0 Å². The number of hydrogen-bond donors (Lipinski definition) is 3. The van der Waals surface area contributed by atoms with Crippen molar-refractivity contribution in [2.24, 2.45) is 0 Å². The van der Waals surface area contributed by atoms with Gasteiger partial charge in [0, 0.05) is 19.3 Å². The molecule has 0 bridgehead atoms. The van der Waals surface area contributed by atoms with Crippen LogP contribution in [0.1, 0.15) is 265 Å². The van der Waals surface area contributed by atoms with E-state index in [2.05, 4.69) is 32.9 Å². The van der Waals surface area contributed by atoms with Gasteiger partial charge in [-0.05, 0) is 44.9 Å². The SMILES string of the molecule is CCCCCCCC/C=C\CCCCCCCC(=O)OCC(COC1OC(C(=O)O)C(O)C(O)C1OC(=O)CCCCCCCCCCCCCCC)OC(=O)CCCCCCCCCCC. The van der Waals surface area contributed by atoms with Gasteiger partial charge in [0.05, 0.1) is 6.61 Å². The largest absolute Gasteiger partial charge is 0.479 e. The Morgan fingerprint density at radius 1 is 0.478 bits per heavy atom. The molecule has 0 aromatic rings. The highest BCUT2D eigenvalue weighted by atomic mass is 16.7. The Morgan fingerprint density at radius 2 is 0.851 bits per heavy atom. The van der Waals surface area contributed by atoms with Crippen LogP contribution in [0.3, 0.4) is 0 Å². The number of carbonyl (C=O) groups excluding carboxylic acids is 3. The molecule has 0 aromatic carbocycles. The van der Waals surface area contributed by atoms with Crippen molar-refractivity contribution in [2.75, 3.05) is 13.2 Å². The molecule has 1 aliphatic heterocycles. The van der Waals surface area contributed by atoms with E-state index in [1.165, 1.54) is 128 Å². The number of carboxylic acid groups (broad SMARTS) is 1. The van der Waals surface area contributed by atoms with E-state index in [9.17, 15) is 34.5 Å². The second-order valence-electron chi connectivity index (χ2n) is 19.2. The van der Waals surface area contributed by atoms with Crippen molar-refractivity contribution < 1.29 is 58.2 Å². The summed E-state index contributed by atoms with van der Waals surface area (Å²) in [6.07, 6.45) is 34.9. The zero-order valence-electron chi connectivity index (χ0n) is 42.9. The molecule has 1 heterocycles. The van der Waals surface area contributed by atoms with Gasteiger partial charge in [-0.15, -0.1) is 0 Å². The number of aliphatic carboxylic acids is 1. The number of carbonyl (C=O) groups is 4. The number of aliphatic hydroxyl groups is 2. The highest BCUT2D eigenvalue weighted by Crippen LogP contribution is 2.26. The molecule has 1 rings (SSSR count). The van der Waals surface area contributed by atoms with E-state index >= 15 is 0 Å². The molecule has 0 aromatic heterocycles. The van der Waals surface area contributed by atoms with E-state index < -0.39 is 67.3 Å². The van der Waals surface area contributed by atoms with Crippen LogP contribution < -0.4 is 0 Å². The van der Waals surface area contributed by atoms with Crippen LogP contribution in [0.15, 0.2) is 12.2 Å². The van der Waals surface area contributed by atoms with Gasteiger partial charge in [-0.25, -0.2) is 4.79 Å². The Morgan fingerprint density at radius 3 is 1.27 bits per heavy atom. The fraction of sp³-hybridized carbons (Fsp3) is 0.891. The van der Waals surface area contributed by atoms with Crippen LogP contribution >= 0.6 is 0 Å². The molecule has 1 aliphatic rings. The first-order valence-electron chi connectivity index (χ1n) is 27.7. The quantitative estimate of drug-likeness (QED) is 0.0228. The van der Waals surface area contributed by atoms with E-state index in [-0.39, 0.29) is 25.9 Å². The maximum Gasteiger partial charge on any atom is 0.335 e. The normalized spacial score (nSPS) is 18.9. The molecule has 0 saturated carbocycles. The van der Waals surface area contributed by atoms with E-state index in [1.54, 1.807) is 0 Å². The number of allylic oxidation sites excluding steroid dienone is 2. The average Bonchev–Trinajstić information content (AvgIpc) is 3.31. The molecule has 6 unspecified atom stereocenters. The highest BCUT2D eigenvalue weighted by molar-refractivity contribution is 5.74. The molecule has 6 atom stereocenters. The van der Waals surface area contributed by atoms with Crippen LogP contribution in [0, 0.1) is 0 Å². The number of hydrogen-bond acceptors (Lipinski definition) is 11. The highest BCUT2D eigenvalue weighted by Gasteiger charge is 2.50. The summed E-state index contributed by atoms with van der Waals surface area (Å²) in [6, 6.07) is 0. The van der Waals surface area contributed by atoms with Crippen LogP contribution in [0.2, 0.25) is 0 Å². The van der Waals surface area contributed by atoms with E-state index in [0.717, 1.165) is 77.0 Å². The summed E-state index contributed by atoms with van der Waals surface area (Å²) < 4.78 is 28.3. The Bertz CT molecular complexity index is 1230. The summed E-state index contributed by atoms with van der Waals surface area (Å²) >= 11 is 0. The predicted molar refractivity (Wildman–Crippen MR) is 267 cm³/mol. The summed E-state index contributed by atoms with van der Waals surface area (Å²) in [4.78, 5) is 50.8. The maximum atomic E-state index is 13.0. The number of carboxylic acids is 1. The van der Waals surface area contributed by atoms with Crippen LogP contribution in [0.4, 0.5) is 0 Å². The van der Waals surface area contributed by atoms with Gasteiger partial charge in [0.15, 0.2) is 24.6 Å². The summed E-state index contributed by atoms with van der Waals surface area (Å²) in [5.41, 5.74) is 0. The van der Waals surface area contributed by atoms with Crippen LogP contribution in [0.25, 0.3) is 0 Å². The second kappa shape index (κ2) is 44.7. The van der Waals surface area contributed by atoms with Gasteiger partial charge in [-0.3, -0.25) is 14.4 Å². The first-order valence-corrected chi connectivity index (χ1v) is 27.7. The van der Waals surface area contributed by atoms with Crippen molar-refractivity contribution in [1.82, 2.24) is 0 Å². The van der Waals surface area contributed by atoms with Gasteiger partial charge in [-0.1, -0.05) is 213 Å². The first kappa shape index (κ1) is 62.5. The molecular formula is C55H100O12. The summed E-state index contributed by atoms with van der Waals surface area (Å²) in [5, 5.41) is 31.3. The van der Waals surface area contributed by atoms with Gasteiger partial charge < -0.3 is 39.0 Å². The van der Waals surface area contributed by atoms with Crippen molar-refractivity contribution in [3.63, 3.8) is 0 Å². The third-order valence-electron chi connectivity index (χ3n) is 12.8. The van der Waals surface area contributed by atoms with Gasteiger partial charge in [0.2, 0.25) is 0 Å². The minimum absolute atomic E-state index is 0.0674. The Labute approximate surface area is 407 Å². The standard InChI is InChI=1S/C55H100O12/c1-4-7-10-13-16-19-21-23-24-26-27-30-32-35-38-41-47(56)63-44-46(65-48(57)42-39-36-33-29-18-15-12-9-6-3)45-64-55-53(51(60)50(59)52(67-55)54(61)62)66-49(58)43-40-37-34-31-28-25-22-20-17-14-11-8-5-2/h23-24,46,50-53,55,59-60H,4-22,25-45H2,1-3H3,(H,61,62)/b24-23-. The number of unbranched alkanes of at least 4 members (excludes halogenated alkanes) is 31. The Kier molecular flexibility index (Phi) is 41.6. The van der Waals surface area contributed by atoms with E-state index in [4.69, 9.17) is 23.7 Å². The fourth-order valence-electron chi connectivity index (χ4n) is 8.54. The zero-order valence-corrected chi connectivity index (χ0v) is 42.9. The fourth-order valence-corrected chi connectivity index (χ4v) is 8.54. The molecule has 0 spiro atoms. The lowest BCUT2D eigenvalue weighted by molar-refractivity contribution is -0.301. The third kappa shape index (κ3) is 35.3. The van der Waals surface area contributed by atoms with Crippen molar-refractivity contribution in [3.8, 4) is 0 Å². The summed E-state index contributed by atoms with van der Waals surface area (Å²) in [6.45, 7) is 5.96. The maximum absolute atomic E-state index is 13.0. The molecule has 67 heavy (non-hydrogen) atoms. The zero-order chi connectivity index (χ0) is 49.0. The molecule has 1 fully saturated rings. The monoisotopic (exact) mass is 953 g/mol. The Hall–Kier alpha value is -2.54. The second-order valence-corrected chi connectivity index (χ2v) is 19.2. The van der Waals surface area contributed by atoms with Crippen molar-refractivity contribution in [1.29, 1.82) is 0 Å². The molecule has 1 saturated heterocycles. The smallest absolute Gasteiger partial charge is 0.335 e. The Balaban J connectivity index is 2.68. The van der Waals surface area contributed by atoms with Crippen molar-refractivity contribution in [3.05, 3.63) is 12.2 Å². The number of rotatable bonds is 47.